The predicted molar refractivity (Wildman–Crippen MR) is 451 cm³/mol. The summed E-state index contributed by atoms with van der Waals surface area (Å²) < 4.78 is 6.96. The third-order valence-electron chi connectivity index (χ3n) is 16.3. The average Bonchev–Trinajstić information content (AvgIpc) is 1.65. The summed E-state index contributed by atoms with van der Waals surface area (Å²) >= 11 is 1.34. The zero-order chi connectivity index (χ0) is 78.4. The van der Waals surface area contributed by atoms with E-state index in [2.05, 4.69) is 41.5 Å². The Hall–Kier alpha value is -13.2. The Balaban J connectivity index is 0.000000264. The largest absolute Gasteiger partial charge is 0.508 e. The number of thiazole rings is 1. The average molecular weight is 1530 g/mol. The number of benzene rings is 8. The van der Waals surface area contributed by atoms with Gasteiger partial charge in [0.2, 0.25) is 5.78 Å². The van der Waals surface area contributed by atoms with Crippen LogP contribution in [-0.2, 0) is 0 Å². The van der Waals surface area contributed by atoms with Crippen molar-refractivity contribution in [3.8, 4) is 50.7 Å². The highest BCUT2D eigenvalue weighted by Crippen LogP contribution is 2.32. The van der Waals surface area contributed by atoms with Crippen LogP contribution in [-0.4, -0.2) is 81.9 Å². The van der Waals surface area contributed by atoms with Crippen LogP contribution in [0.25, 0.3) is 39.2 Å². The minimum Gasteiger partial charge on any atom is -0.508 e. The van der Waals surface area contributed by atoms with E-state index in [0.717, 1.165) is 39.2 Å². The summed E-state index contributed by atoms with van der Waals surface area (Å²) in [6.07, 6.45) is 4.99. The van der Waals surface area contributed by atoms with Gasteiger partial charge < -0.3 is 52.3 Å². The SMILES string of the molecule is C.C.C.C.CC(C)(C)C(=O)c1cc(-c2ccc(NC(=O)c3ccc(N)cc3)cc2)c[nH]1.CC(C)(C)C(=O)c1cc(-c2ccc(NC(=O)c3ccc(N)cc3)cc2)co1.CC(C)(C)C(=O)c1cn(-c2ccc(NC(=O)c3ccc(O)cc3)cc2)nn1.CC(C)(C)C(=O)c1nc(-c2ccc(NC(=O)c3ccc(O)cc3)cc2)cs1. The number of nitrogens with one attached hydrogen (secondary N) is 5. The second-order valence-electron chi connectivity index (χ2n) is 29.3. The lowest BCUT2D eigenvalue weighted by molar-refractivity contribution is 0.0826. The van der Waals surface area contributed by atoms with E-state index in [0.29, 0.717) is 78.5 Å². The number of carbonyl (C=O) groups excluding carboxylic acids is 8. The quantitative estimate of drug-likeness (QED) is 0.0320. The standard InChI is InChI=1S/C22H23N3O2.C22H22N2O3.C21H20N2O3S.C20H20N4O3.4CH4/c1-22(2,3)20(26)19-12-16(13-24-19)14-6-10-18(11-7-14)25-21(27)15-4-8-17(23)9-5-15;1-22(2,3)20(25)19-12-16(13-27-19)14-6-10-18(11-7-14)24-21(26)15-4-8-17(23)9-5-15;1-21(2,3)18(25)20-23-17(12-27-20)13-4-8-15(9-5-13)22-19(26)14-6-10-16(24)11-7-14;1-20(2,3)18(26)17-12-24(23-22-17)15-8-6-14(7-9-15)21-19(27)13-4-10-16(25)11-5-13;;;;/h4-13,24H,23H2,1-3H3,(H,25,27);4-13H,23H2,1-3H3,(H,24,26);4-12,24H,1-3H3,(H,22,26);4-12,25H,1-3H3,(H,21,27);4*1H4. The van der Waals surface area contributed by atoms with Gasteiger partial charge >= 0.3 is 0 Å². The molecule has 12 rings (SSSR count). The van der Waals surface area contributed by atoms with E-state index in [1.807, 2.05) is 161 Å². The minimum atomic E-state index is -0.525. The molecule has 0 saturated heterocycles. The first-order chi connectivity index (χ1) is 50.9. The first kappa shape index (κ1) is 89.5. The van der Waals surface area contributed by atoms with Crippen molar-refractivity contribution in [1.29, 1.82) is 0 Å². The monoisotopic (exact) mass is 1530 g/mol. The van der Waals surface area contributed by atoms with Gasteiger partial charge in [0.05, 0.1) is 29.5 Å². The number of carbonyl (C=O) groups is 8. The Kier molecular flexibility index (Phi) is 30.6. The maximum absolute atomic E-state index is 12.4. The van der Waals surface area contributed by atoms with Crippen molar-refractivity contribution in [2.75, 3.05) is 32.7 Å². The molecule has 112 heavy (non-hydrogen) atoms. The molecule has 0 aliphatic heterocycles. The van der Waals surface area contributed by atoms with Crippen LogP contribution >= 0.6 is 11.3 Å². The zero-order valence-corrected chi connectivity index (χ0v) is 62.7. The first-order valence-electron chi connectivity index (χ1n) is 34.3. The van der Waals surface area contributed by atoms with E-state index >= 15 is 0 Å². The van der Waals surface area contributed by atoms with Gasteiger partial charge in [0, 0.05) is 101 Å². The maximum Gasteiger partial charge on any atom is 0.255 e. The maximum atomic E-state index is 12.4. The van der Waals surface area contributed by atoms with Gasteiger partial charge in [0.15, 0.2) is 28.1 Å². The number of rotatable bonds is 16. The van der Waals surface area contributed by atoms with Gasteiger partial charge in [-0.3, -0.25) is 38.4 Å². The number of Topliss-reactive ketones (excluding diaryl/α,β-unsaturated/α-hetero) is 4. The fourth-order valence-corrected chi connectivity index (χ4v) is 11.0. The molecule has 12 aromatic rings. The van der Waals surface area contributed by atoms with Crippen molar-refractivity contribution in [2.45, 2.75) is 113 Å². The third kappa shape index (κ3) is 24.4. The van der Waals surface area contributed by atoms with Gasteiger partial charge in [-0.1, -0.05) is 154 Å². The van der Waals surface area contributed by atoms with Gasteiger partial charge in [-0.05, 0) is 187 Å². The summed E-state index contributed by atoms with van der Waals surface area (Å²) in [5, 5.41) is 40.2. The van der Waals surface area contributed by atoms with Crippen LogP contribution in [0.4, 0.5) is 34.1 Å². The molecule has 0 aliphatic carbocycles. The third-order valence-corrected chi connectivity index (χ3v) is 17.1. The van der Waals surface area contributed by atoms with Gasteiger partial charge in [0.25, 0.3) is 23.6 Å². The summed E-state index contributed by atoms with van der Waals surface area (Å²) in [5.74, 6) is -0.386. The van der Waals surface area contributed by atoms with E-state index in [1.54, 1.807) is 128 Å². The topological polar surface area (TPSA) is 350 Å². The molecular weight excluding hydrogens is 1430 g/mol. The van der Waals surface area contributed by atoms with Crippen LogP contribution in [0.15, 0.2) is 235 Å². The molecule has 0 bridgehead atoms. The molecule has 4 amide bonds. The number of aromatic amines is 1. The molecule has 4 heterocycles. The molecule has 11 N–H and O–H groups in total. The number of phenols is 2. The van der Waals surface area contributed by atoms with E-state index in [4.69, 9.17) is 15.9 Å². The first-order valence-corrected chi connectivity index (χ1v) is 35.1. The molecule has 4 aromatic heterocycles. The Morgan fingerprint density at radius 3 is 1.16 bits per heavy atom. The molecule has 8 aromatic carbocycles. The number of H-pyrrole nitrogens is 1. The number of nitrogen functional groups attached to an aromatic ring is 2. The zero-order valence-electron chi connectivity index (χ0n) is 61.9. The fraction of sp³-hybridized carbons (Fsp3) is 0.225. The van der Waals surface area contributed by atoms with Crippen LogP contribution in [0.5, 0.6) is 11.5 Å². The molecule has 0 radical (unpaired) electrons. The number of amides is 4. The predicted octanol–water partition coefficient (Wildman–Crippen LogP) is 20.8. The Labute approximate surface area is 659 Å². The van der Waals surface area contributed by atoms with Crippen molar-refractivity contribution in [2.24, 2.45) is 21.7 Å². The lowest BCUT2D eigenvalue weighted by Gasteiger charge is -2.14. The lowest BCUT2D eigenvalue weighted by Crippen LogP contribution is -2.20. The second kappa shape index (κ2) is 38.3. The van der Waals surface area contributed by atoms with Crippen molar-refractivity contribution in [3.05, 3.63) is 275 Å². The molecule has 584 valence electrons. The van der Waals surface area contributed by atoms with Crippen LogP contribution in [0.3, 0.4) is 0 Å². The van der Waals surface area contributed by atoms with E-state index in [-0.39, 0.29) is 88.0 Å². The Bertz CT molecular complexity index is 4520. The van der Waals surface area contributed by atoms with Crippen molar-refractivity contribution in [1.82, 2.24) is 25.0 Å². The van der Waals surface area contributed by atoms with Crippen LogP contribution < -0.4 is 32.7 Å². The second-order valence-corrected chi connectivity index (χ2v) is 30.2. The van der Waals surface area contributed by atoms with Crippen LogP contribution in [0, 0.1) is 21.7 Å². The molecule has 22 nitrogen and oxygen atoms in total. The minimum absolute atomic E-state index is 0. The number of nitrogens with two attached hydrogens (primary N) is 2. The molecular formula is C89H101N11O11S. The number of anilines is 6. The van der Waals surface area contributed by atoms with Crippen molar-refractivity contribution in [3.63, 3.8) is 0 Å². The van der Waals surface area contributed by atoms with Gasteiger partial charge in [-0.2, -0.15) is 0 Å². The number of aromatic nitrogens is 5. The fourth-order valence-electron chi connectivity index (χ4n) is 10.0. The molecule has 0 unspecified atom stereocenters. The Morgan fingerprint density at radius 1 is 0.420 bits per heavy atom. The number of nitrogens with zero attached hydrogens (tertiary/aromatic N) is 4. The summed E-state index contributed by atoms with van der Waals surface area (Å²) in [5.41, 5.74) is 22.1. The normalized spacial score (nSPS) is 10.8. The molecule has 23 heteroatoms. The number of aromatic hydroxyl groups is 2. The molecule has 0 fully saturated rings. The summed E-state index contributed by atoms with van der Waals surface area (Å²) in [7, 11) is 0. The van der Waals surface area contributed by atoms with E-state index in [1.165, 1.54) is 40.3 Å². The van der Waals surface area contributed by atoms with E-state index in [9.17, 15) is 48.6 Å². The van der Waals surface area contributed by atoms with Crippen molar-refractivity contribution >= 4 is 92.2 Å². The Morgan fingerprint density at radius 2 is 0.777 bits per heavy atom. The van der Waals surface area contributed by atoms with Crippen LogP contribution in [0.1, 0.15) is 196 Å². The highest BCUT2D eigenvalue weighted by atomic mass is 32.1. The number of furan rings is 1. The highest BCUT2D eigenvalue weighted by molar-refractivity contribution is 7.12. The molecule has 0 spiro atoms. The van der Waals surface area contributed by atoms with Gasteiger partial charge in [-0.25, -0.2) is 9.67 Å². The lowest BCUT2D eigenvalue weighted by atomic mass is 9.89. The van der Waals surface area contributed by atoms with Crippen LogP contribution in [0.2, 0.25) is 0 Å². The summed E-state index contributed by atoms with van der Waals surface area (Å²) in [6.45, 7) is 22.4. The number of hydrogen-bond donors (Lipinski definition) is 9. The number of hydrogen-bond acceptors (Lipinski definition) is 17. The van der Waals surface area contributed by atoms with Crippen molar-refractivity contribution < 1.29 is 53.0 Å². The molecule has 0 aliphatic rings. The number of phenolic OH excluding ortho intramolecular Hbond substituents is 2. The number of ketones is 4. The highest BCUT2D eigenvalue weighted by Gasteiger charge is 2.29. The summed E-state index contributed by atoms with van der Waals surface area (Å²) in [4.78, 5) is 106. The molecule has 0 atom stereocenters. The molecule has 0 saturated carbocycles. The smallest absolute Gasteiger partial charge is 0.255 e. The summed E-state index contributed by atoms with van der Waals surface area (Å²) in [6, 6.07) is 58.3. The van der Waals surface area contributed by atoms with E-state index < -0.39 is 21.7 Å². The van der Waals surface area contributed by atoms with Gasteiger partial charge in [0.1, 0.15) is 17.2 Å². The van der Waals surface area contributed by atoms with Gasteiger partial charge in [-0.15, -0.1) is 16.4 Å².